The molecular formula is C15H16BrNO2. The number of hydrogen-bond donors (Lipinski definition) is 1. The molecular weight excluding hydrogens is 306 g/mol. The molecule has 0 aliphatic rings. The topological polar surface area (TPSA) is 42.4 Å². The van der Waals surface area contributed by atoms with Crippen molar-refractivity contribution >= 4 is 15.9 Å². The van der Waals surface area contributed by atoms with Gasteiger partial charge in [0.25, 0.3) is 0 Å². The Morgan fingerprint density at radius 1 is 1.26 bits per heavy atom. The van der Waals surface area contributed by atoms with E-state index in [2.05, 4.69) is 20.9 Å². The minimum atomic E-state index is -0.510. The summed E-state index contributed by atoms with van der Waals surface area (Å²) in [7, 11) is 0. The first-order chi connectivity index (χ1) is 9.10. The van der Waals surface area contributed by atoms with Gasteiger partial charge in [-0.25, -0.2) is 0 Å². The quantitative estimate of drug-likeness (QED) is 0.908. The summed E-state index contributed by atoms with van der Waals surface area (Å²) in [6.45, 7) is 3.93. The molecule has 0 amide bonds. The van der Waals surface area contributed by atoms with Crippen LogP contribution in [0.25, 0.3) is 0 Å². The highest BCUT2D eigenvalue weighted by Gasteiger charge is 2.06. The molecule has 0 bridgehead atoms. The van der Waals surface area contributed by atoms with Crippen LogP contribution >= 0.6 is 15.9 Å². The van der Waals surface area contributed by atoms with Crippen molar-refractivity contribution in [3.05, 3.63) is 52.3 Å². The second-order valence-corrected chi connectivity index (χ2v) is 5.21. The minimum Gasteiger partial charge on any atom is -0.456 e. The van der Waals surface area contributed by atoms with Gasteiger partial charge in [-0.2, -0.15) is 0 Å². The average molecular weight is 322 g/mol. The van der Waals surface area contributed by atoms with Gasteiger partial charge in [0, 0.05) is 4.47 Å². The van der Waals surface area contributed by atoms with Crippen LogP contribution in [0.15, 0.2) is 41.0 Å². The molecule has 0 radical (unpaired) electrons. The number of aryl methyl sites for hydroxylation is 1. The van der Waals surface area contributed by atoms with Crippen molar-refractivity contribution in [2.45, 2.75) is 26.4 Å². The summed E-state index contributed by atoms with van der Waals surface area (Å²) in [5, 5.41) is 9.67. The van der Waals surface area contributed by atoms with Crippen molar-refractivity contribution in [1.82, 2.24) is 4.98 Å². The molecule has 4 heteroatoms. The zero-order valence-corrected chi connectivity index (χ0v) is 12.5. The van der Waals surface area contributed by atoms with Gasteiger partial charge in [-0.05, 0) is 49.2 Å². The van der Waals surface area contributed by atoms with Gasteiger partial charge in [-0.3, -0.25) is 4.98 Å². The van der Waals surface area contributed by atoms with Crippen LogP contribution < -0.4 is 4.74 Å². The molecule has 0 fully saturated rings. The van der Waals surface area contributed by atoms with Crippen LogP contribution in [0.2, 0.25) is 0 Å². The summed E-state index contributed by atoms with van der Waals surface area (Å²) in [4.78, 5) is 4.20. The number of nitrogens with zero attached hydrogens (tertiary/aromatic N) is 1. The number of aromatic nitrogens is 1. The van der Waals surface area contributed by atoms with Crippen molar-refractivity contribution in [1.29, 1.82) is 0 Å². The monoisotopic (exact) mass is 321 g/mol. The van der Waals surface area contributed by atoms with E-state index in [4.69, 9.17) is 4.74 Å². The SMILES string of the molecule is CC[C@H](O)c1ccc(Oc2ccc(Br)c(C)c2)cn1. The molecule has 1 atom stereocenters. The second kappa shape index (κ2) is 6.17. The van der Waals surface area contributed by atoms with Crippen molar-refractivity contribution < 1.29 is 9.84 Å². The summed E-state index contributed by atoms with van der Waals surface area (Å²) >= 11 is 3.45. The fraction of sp³-hybridized carbons (Fsp3) is 0.267. The average Bonchev–Trinajstić information content (AvgIpc) is 2.43. The smallest absolute Gasteiger partial charge is 0.145 e. The third-order valence-electron chi connectivity index (χ3n) is 2.85. The van der Waals surface area contributed by atoms with E-state index >= 15 is 0 Å². The van der Waals surface area contributed by atoms with Gasteiger partial charge < -0.3 is 9.84 Å². The van der Waals surface area contributed by atoms with Crippen LogP contribution in [0.3, 0.4) is 0 Å². The summed E-state index contributed by atoms with van der Waals surface area (Å²) in [5.74, 6) is 1.43. The minimum absolute atomic E-state index is 0.510. The zero-order valence-electron chi connectivity index (χ0n) is 10.9. The normalized spacial score (nSPS) is 12.2. The maximum Gasteiger partial charge on any atom is 0.145 e. The van der Waals surface area contributed by atoms with Gasteiger partial charge in [0.05, 0.1) is 18.0 Å². The Kier molecular flexibility index (Phi) is 4.56. The lowest BCUT2D eigenvalue weighted by Crippen LogP contribution is -1.98. The van der Waals surface area contributed by atoms with Crippen molar-refractivity contribution in [2.24, 2.45) is 0 Å². The number of aliphatic hydroxyl groups is 1. The number of pyridine rings is 1. The molecule has 100 valence electrons. The Morgan fingerprint density at radius 3 is 2.58 bits per heavy atom. The second-order valence-electron chi connectivity index (χ2n) is 4.36. The van der Waals surface area contributed by atoms with Crippen LogP contribution in [-0.4, -0.2) is 10.1 Å². The van der Waals surface area contributed by atoms with Crippen LogP contribution in [0.4, 0.5) is 0 Å². The Hall–Kier alpha value is -1.39. The van der Waals surface area contributed by atoms with Gasteiger partial charge in [-0.1, -0.05) is 22.9 Å². The first kappa shape index (κ1) is 14.0. The van der Waals surface area contributed by atoms with Crippen LogP contribution in [0.5, 0.6) is 11.5 Å². The molecule has 2 aromatic rings. The van der Waals surface area contributed by atoms with E-state index < -0.39 is 6.10 Å². The lowest BCUT2D eigenvalue weighted by atomic mass is 10.2. The Morgan fingerprint density at radius 2 is 2.00 bits per heavy atom. The molecule has 0 saturated carbocycles. The van der Waals surface area contributed by atoms with Crippen molar-refractivity contribution in [3.8, 4) is 11.5 Å². The van der Waals surface area contributed by atoms with Crippen LogP contribution in [-0.2, 0) is 0 Å². The number of hydrogen-bond acceptors (Lipinski definition) is 3. The number of aliphatic hydroxyl groups excluding tert-OH is 1. The molecule has 0 aliphatic carbocycles. The van der Waals surface area contributed by atoms with E-state index in [0.29, 0.717) is 17.9 Å². The predicted molar refractivity (Wildman–Crippen MR) is 78.4 cm³/mol. The molecule has 0 saturated heterocycles. The van der Waals surface area contributed by atoms with Crippen LogP contribution in [0, 0.1) is 6.92 Å². The van der Waals surface area contributed by atoms with E-state index in [-0.39, 0.29) is 0 Å². The van der Waals surface area contributed by atoms with E-state index in [1.807, 2.05) is 38.1 Å². The predicted octanol–water partition coefficient (Wildman–Crippen LogP) is 4.39. The van der Waals surface area contributed by atoms with Crippen molar-refractivity contribution in [3.63, 3.8) is 0 Å². The molecule has 2 rings (SSSR count). The molecule has 0 spiro atoms. The Balaban J connectivity index is 2.12. The molecule has 1 aromatic carbocycles. The summed E-state index contributed by atoms with van der Waals surface area (Å²) in [5.41, 5.74) is 1.78. The van der Waals surface area contributed by atoms with Crippen molar-refractivity contribution in [2.75, 3.05) is 0 Å². The third-order valence-corrected chi connectivity index (χ3v) is 3.74. The summed E-state index contributed by atoms with van der Waals surface area (Å²) < 4.78 is 6.77. The number of benzene rings is 1. The van der Waals surface area contributed by atoms with Gasteiger partial charge in [0.2, 0.25) is 0 Å². The van der Waals surface area contributed by atoms with E-state index in [1.54, 1.807) is 12.3 Å². The number of halogens is 1. The molecule has 1 N–H and O–H groups in total. The fourth-order valence-electron chi connectivity index (χ4n) is 1.68. The number of ether oxygens (including phenoxy) is 1. The highest BCUT2D eigenvalue weighted by atomic mass is 79.9. The molecule has 0 aliphatic heterocycles. The molecule has 3 nitrogen and oxygen atoms in total. The highest BCUT2D eigenvalue weighted by Crippen LogP contribution is 2.26. The van der Waals surface area contributed by atoms with E-state index in [9.17, 15) is 5.11 Å². The summed E-state index contributed by atoms with van der Waals surface area (Å²) in [6, 6.07) is 9.41. The fourth-order valence-corrected chi connectivity index (χ4v) is 1.92. The standard InChI is InChI=1S/C15H16BrNO2/c1-3-15(18)14-7-5-12(9-17-14)19-11-4-6-13(16)10(2)8-11/h4-9,15,18H,3H2,1-2H3/t15-/m0/s1. The van der Waals surface area contributed by atoms with Crippen LogP contribution in [0.1, 0.15) is 30.7 Å². The third kappa shape index (κ3) is 3.55. The largest absolute Gasteiger partial charge is 0.456 e. The lowest BCUT2D eigenvalue weighted by Gasteiger charge is -2.09. The maximum atomic E-state index is 9.67. The molecule has 0 unspecified atom stereocenters. The first-order valence-electron chi connectivity index (χ1n) is 6.18. The molecule has 19 heavy (non-hydrogen) atoms. The van der Waals surface area contributed by atoms with E-state index in [1.165, 1.54) is 0 Å². The van der Waals surface area contributed by atoms with Gasteiger partial charge in [0.15, 0.2) is 0 Å². The lowest BCUT2D eigenvalue weighted by molar-refractivity contribution is 0.169. The summed E-state index contributed by atoms with van der Waals surface area (Å²) in [6.07, 6.45) is 1.77. The highest BCUT2D eigenvalue weighted by molar-refractivity contribution is 9.10. The van der Waals surface area contributed by atoms with E-state index in [0.717, 1.165) is 15.8 Å². The molecule has 1 heterocycles. The Labute approximate surface area is 121 Å². The first-order valence-corrected chi connectivity index (χ1v) is 6.97. The van der Waals surface area contributed by atoms with Gasteiger partial charge >= 0.3 is 0 Å². The van der Waals surface area contributed by atoms with Gasteiger partial charge in [-0.15, -0.1) is 0 Å². The maximum absolute atomic E-state index is 9.67. The zero-order chi connectivity index (χ0) is 13.8. The van der Waals surface area contributed by atoms with Gasteiger partial charge in [0.1, 0.15) is 11.5 Å². The molecule has 1 aromatic heterocycles. The Bertz CT molecular complexity index is 555. The number of rotatable bonds is 4.